The normalized spacial score (nSPS) is 11.3. The van der Waals surface area contributed by atoms with Crippen molar-refractivity contribution in [2.45, 2.75) is 26.4 Å². The number of halogens is 4. The number of alkyl halides is 3. The van der Waals surface area contributed by atoms with E-state index in [2.05, 4.69) is 0 Å². The van der Waals surface area contributed by atoms with E-state index in [0.717, 1.165) is 12.1 Å². The molecule has 0 fully saturated rings. The van der Waals surface area contributed by atoms with Gasteiger partial charge in [0, 0.05) is 5.56 Å². The molecule has 0 aromatic heterocycles. The molecule has 1 aromatic rings. The summed E-state index contributed by atoms with van der Waals surface area (Å²) in [7, 11) is 0. The van der Waals surface area contributed by atoms with Crippen molar-refractivity contribution in [1.82, 2.24) is 0 Å². The molecule has 0 bridgehead atoms. The van der Waals surface area contributed by atoms with Crippen LogP contribution in [0.15, 0.2) is 12.1 Å². The monoisotopic (exact) mass is 310 g/mol. The molecular formula is C13H14ClF3O3. The highest BCUT2D eigenvalue weighted by Gasteiger charge is 2.40. The first kappa shape index (κ1) is 16.6. The Balaban J connectivity index is 3.22. The SMILES string of the molecule is CCCOc1c(Cl)cc(C(=O)C(F)(F)F)cc1OCC. The summed E-state index contributed by atoms with van der Waals surface area (Å²) in [5.74, 6) is -1.79. The summed E-state index contributed by atoms with van der Waals surface area (Å²) in [5, 5.41) is -0.0861. The molecule has 0 spiro atoms. The molecule has 0 amide bonds. The number of hydrogen-bond acceptors (Lipinski definition) is 3. The Bertz CT molecular complexity index is 486. The number of carbonyl (C=O) groups is 1. The lowest BCUT2D eigenvalue weighted by atomic mass is 10.1. The van der Waals surface area contributed by atoms with E-state index < -0.39 is 17.5 Å². The number of rotatable bonds is 6. The van der Waals surface area contributed by atoms with Crippen LogP contribution < -0.4 is 9.47 Å². The van der Waals surface area contributed by atoms with Gasteiger partial charge in [0.25, 0.3) is 5.78 Å². The fourth-order valence-corrected chi connectivity index (χ4v) is 1.74. The third kappa shape index (κ3) is 4.03. The minimum atomic E-state index is -4.96. The van der Waals surface area contributed by atoms with Gasteiger partial charge in [-0.25, -0.2) is 0 Å². The van der Waals surface area contributed by atoms with E-state index in [1.165, 1.54) is 0 Å². The fourth-order valence-electron chi connectivity index (χ4n) is 1.47. The van der Waals surface area contributed by atoms with E-state index in [1.54, 1.807) is 6.92 Å². The number of hydrogen-bond donors (Lipinski definition) is 0. The van der Waals surface area contributed by atoms with Crippen LogP contribution in [-0.2, 0) is 0 Å². The van der Waals surface area contributed by atoms with E-state index >= 15 is 0 Å². The molecule has 0 radical (unpaired) electrons. The fraction of sp³-hybridized carbons (Fsp3) is 0.462. The second-order valence-electron chi connectivity index (χ2n) is 3.89. The molecule has 3 nitrogen and oxygen atoms in total. The van der Waals surface area contributed by atoms with Crippen LogP contribution in [0, 0.1) is 0 Å². The molecule has 0 saturated carbocycles. The predicted octanol–water partition coefficient (Wildman–Crippen LogP) is 4.27. The number of benzene rings is 1. The first-order valence-corrected chi connectivity index (χ1v) is 6.39. The van der Waals surface area contributed by atoms with Gasteiger partial charge in [-0.2, -0.15) is 13.2 Å². The molecule has 0 saturated heterocycles. The molecule has 7 heteroatoms. The Morgan fingerprint density at radius 1 is 1.25 bits per heavy atom. The Labute approximate surface area is 119 Å². The average Bonchev–Trinajstić information content (AvgIpc) is 2.36. The van der Waals surface area contributed by atoms with E-state index in [1.807, 2.05) is 6.92 Å². The van der Waals surface area contributed by atoms with E-state index in [-0.39, 0.29) is 23.1 Å². The van der Waals surface area contributed by atoms with E-state index in [0.29, 0.717) is 13.0 Å². The number of carbonyl (C=O) groups excluding carboxylic acids is 1. The second-order valence-corrected chi connectivity index (χ2v) is 4.30. The molecular weight excluding hydrogens is 297 g/mol. The van der Waals surface area contributed by atoms with Gasteiger partial charge in [0.2, 0.25) is 0 Å². The second kappa shape index (κ2) is 6.83. The zero-order chi connectivity index (χ0) is 15.3. The zero-order valence-electron chi connectivity index (χ0n) is 11.0. The van der Waals surface area contributed by atoms with Crippen molar-refractivity contribution in [2.24, 2.45) is 0 Å². The van der Waals surface area contributed by atoms with Crippen molar-refractivity contribution >= 4 is 17.4 Å². The summed E-state index contributed by atoms with van der Waals surface area (Å²) in [6, 6.07) is 1.93. The summed E-state index contributed by atoms with van der Waals surface area (Å²) in [6.45, 7) is 4.08. The topological polar surface area (TPSA) is 35.5 Å². The van der Waals surface area contributed by atoms with Crippen molar-refractivity contribution in [3.8, 4) is 11.5 Å². The largest absolute Gasteiger partial charge is 0.490 e. The third-order valence-corrected chi connectivity index (χ3v) is 2.56. The lowest BCUT2D eigenvalue weighted by Crippen LogP contribution is -2.22. The van der Waals surface area contributed by atoms with E-state index in [9.17, 15) is 18.0 Å². The smallest absolute Gasteiger partial charge is 0.454 e. The van der Waals surface area contributed by atoms with Crippen LogP contribution in [0.4, 0.5) is 13.2 Å². The maximum absolute atomic E-state index is 12.4. The van der Waals surface area contributed by atoms with E-state index in [4.69, 9.17) is 21.1 Å². The van der Waals surface area contributed by atoms with Crippen molar-refractivity contribution in [1.29, 1.82) is 0 Å². The van der Waals surface area contributed by atoms with Crippen LogP contribution in [-0.4, -0.2) is 25.2 Å². The molecule has 0 atom stereocenters. The minimum absolute atomic E-state index is 0.0288. The highest BCUT2D eigenvalue weighted by atomic mass is 35.5. The molecule has 0 unspecified atom stereocenters. The number of ether oxygens (including phenoxy) is 2. The van der Waals surface area contributed by atoms with Crippen LogP contribution in [0.3, 0.4) is 0 Å². The van der Waals surface area contributed by atoms with Crippen molar-refractivity contribution < 1.29 is 27.4 Å². The van der Waals surface area contributed by atoms with Gasteiger partial charge in [0.05, 0.1) is 18.2 Å². The van der Waals surface area contributed by atoms with Crippen LogP contribution in [0.1, 0.15) is 30.6 Å². The Morgan fingerprint density at radius 2 is 1.90 bits per heavy atom. The summed E-state index contributed by atoms with van der Waals surface area (Å²) in [5.41, 5.74) is -0.574. The number of Topliss-reactive ketones (excluding diaryl/α,β-unsaturated/α-hetero) is 1. The van der Waals surface area contributed by atoms with Gasteiger partial charge in [0.1, 0.15) is 0 Å². The minimum Gasteiger partial charge on any atom is -0.490 e. The lowest BCUT2D eigenvalue weighted by Gasteiger charge is -2.15. The molecule has 0 aliphatic carbocycles. The molecule has 0 aliphatic heterocycles. The molecule has 0 aliphatic rings. The Kier molecular flexibility index (Phi) is 5.68. The lowest BCUT2D eigenvalue weighted by molar-refractivity contribution is -0.0885. The van der Waals surface area contributed by atoms with Gasteiger partial charge in [0.15, 0.2) is 11.5 Å². The Morgan fingerprint density at radius 3 is 2.40 bits per heavy atom. The van der Waals surface area contributed by atoms with Crippen molar-refractivity contribution in [3.63, 3.8) is 0 Å². The summed E-state index contributed by atoms with van der Waals surface area (Å²) in [4.78, 5) is 11.2. The van der Waals surface area contributed by atoms with Crippen LogP contribution >= 0.6 is 11.6 Å². The Hall–Kier alpha value is -1.43. The molecule has 112 valence electrons. The highest BCUT2D eigenvalue weighted by molar-refractivity contribution is 6.32. The van der Waals surface area contributed by atoms with Crippen LogP contribution in [0.2, 0.25) is 5.02 Å². The highest BCUT2D eigenvalue weighted by Crippen LogP contribution is 2.38. The predicted molar refractivity (Wildman–Crippen MR) is 68.8 cm³/mol. The van der Waals surface area contributed by atoms with Crippen LogP contribution in [0.5, 0.6) is 11.5 Å². The summed E-state index contributed by atoms with van der Waals surface area (Å²) >= 11 is 5.88. The third-order valence-electron chi connectivity index (χ3n) is 2.28. The molecule has 20 heavy (non-hydrogen) atoms. The van der Waals surface area contributed by atoms with Crippen molar-refractivity contribution in [3.05, 3.63) is 22.7 Å². The van der Waals surface area contributed by atoms with Crippen LogP contribution in [0.25, 0.3) is 0 Å². The maximum Gasteiger partial charge on any atom is 0.454 e. The average molecular weight is 311 g/mol. The zero-order valence-corrected chi connectivity index (χ0v) is 11.8. The van der Waals surface area contributed by atoms with Gasteiger partial charge in [-0.05, 0) is 25.5 Å². The molecule has 0 heterocycles. The van der Waals surface area contributed by atoms with Gasteiger partial charge in [-0.1, -0.05) is 18.5 Å². The van der Waals surface area contributed by atoms with Gasteiger partial charge < -0.3 is 9.47 Å². The standard InChI is InChI=1S/C13H14ClF3O3/c1-3-5-20-11-9(14)6-8(7-10(11)19-4-2)12(18)13(15,16)17/h6-7H,3-5H2,1-2H3. The molecule has 1 aromatic carbocycles. The maximum atomic E-state index is 12.4. The molecule has 0 N–H and O–H groups in total. The van der Waals surface area contributed by atoms with Crippen molar-refractivity contribution in [2.75, 3.05) is 13.2 Å². The van der Waals surface area contributed by atoms with Gasteiger partial charge >= 0.3 is 6.18 Å². The first-order valence-electron chi connectivity index (χ1n) is 6.01. The summed E-state index contributed by atoms with van der Waals surface area (Å²) < 4.78 is 47.8. The quantitative estimate of drug-likeness (QED) is 0.736. The van der Waals surface area contributed by atoms with Gasteiger partial charge in [-0.15, -0.1) is 0 Å². The summed E-state index contributed by atoms with van der Waals surface area (Å²) in [6.07, 6.45) is -4.26. The van der Waals surface area contributed by atoms with Gasteiger partial charge in [-0.3, -0.25) is 4.79 Å². The number of ketones is 1. The first-order chi connectivity index (χ1) is 9.31. The molecule has 1 rings (SSSR count).